The second-order valence-electron chi connectivity index (χ2n) is 5.66. The summed E-state index contributed by atoms with van der Waals surface area (Å²) in [7, 11) is 4.50. The third-order valence-corrected chi connectivity index (χ3v) is 3.97. The number of methoxy groups -OCH3 is 3. The van der Waals surface area contributed by atoms with Crippen molar-refractivity contribution in [3.8, 4) is 28.4 Å². The van der Waals surface area contributed by atoms with Crippen LogP contribution < -0.4 is 25.3 Å². The number of rotatable bonds is 6. The predicted molar refractivity (Wildman–Crippen MR) is 101 cm³/mol. The van der Waals surface area contributed by atoms with Crippen molar-refractivity contribution in [1.29, 1.82) is 0 Å². The number of aromatic nitrogens is 2. The maximum absolute atomic E-state index is 13.5. The van der Waals surface area contributed by atoms with Crippen LogP contribution in [-0.4, -0.2) is 31.3 Å². The lowest BCUT2D eigenvalue weighted by atomic mass is 10.1. The van der Waals surface area contributed by atoms with Crippen molar-refractivity contribution in [1.82, 2.24) is 9.97 Å². The number of nitrogens with two attached hydrogens (primary N) is 1. The molecule has 1 heterocycles. The number of halogens is 2. The zero-order chi connectivity index (χ0) is 20.3. The van der Waals surface area contributed by atoms with Crippen LogP contribution in [-0.2, 0) is 0 Å². The molecule has 0 amide bonds. The minimum absolute atomic E-state index is 0.0151. The molecule has 0 bridgehead atoms. The van der Waals surface area contributed by atoms with E-state index in [-0.39, 0.29) is 5.95 Å². The molecular weight excluding hydrogens is 370 g/mol. The van der Waals surface area contributed by atoms with E-state index >= 15 is 0 Å². The Labute approximate surface area is 160 Å². The standard InChI is InChI=1S/C19H18F2N4O3/c1-26-15-6-10(7-16(27-2)17(15)28-3)12-9-23-19(22)25-18(12)24-11-4-5-13(20)14(21)8-11/h4-9H,1-3H3,(H3,22,23,24,25). The maximum Gasteiger partial charge on any atom is 0.221 e. The molecule has 9 heteroatoms. The van der Waals surface area contributed by atoms with Gasteiger partial charge in [-0.05, 0) is 29.8 Å². The molecule has 0 aliphatic heterocycles. The molecule has 0 fully saturated rings. The number of hydrogen-bond acceptors (Lipinski definition) is 7. The number of nitrogens with zero attached hydrogens (tertiary/aromatic N) is 2. The second-order valence-corrected chi connectivity index (χ2v) is 5.66. The molecule has 2 aromatic carbocycles. The monoisotopic (exact) mass is 388 g/mol. The summed E-state index contributed by atoms with van der Waals surface area (Å²) in [5.41, 5.74) is 7.18. The molecule has 3 N–H and O–H groups in total. The maximum atomic E-state index is 13.5. The van der Waals surface area contributed by atoms with Crippen molar-refractivity contribution in [2.45, 2.75) is 0 Å². The van der Waals surface area contributed by atoms with Crippen LogP contribution in [0.3, 0.4) is 0 Å². The lowest BCUT2D eigenvalue weighted by Crippen LogP contribution is -2.03. The summed E-state index contributed by atoms with van der Waals surface area (Å²) < 4.78 is 42.8. The Hall–Kier alpha value is -3.62. The van der Waals surface area contributed by atoms with Crippen LogP contribution in [0.4, 0.5) is 26.2 Å². The Kier molecular flexibility index (Phi) is 5.44. The molecule has 0 unspecified atom stereocenters. The normalized spacial score (nSPS) is 10.5. The van der Waals surface area contributed by atoms with E-state index in [2.05, 4.69) is 15.3 Å². The highest BCUT2D eigenvalue weighted by Crippen LogP contribution is 2.42. The molecule has 146 valence electrons. The molecule has 1 aromatic heterocycles. The first-order valence-corrected chi connectivity index (χ1v) is 8.11. The summed E-state index contributed by atoms with van der Waals surface area (Å²) in [5.74, 6) is -0.312. The van der Waals surface area contributed by atoms with Gasteiger partial charge in [0.25, 0.3) is 0 Å². The average molecular weight is 388 g/mol. The third-order valence-electron chi connectivity index (χ3n) is 3.97. The minimum atomic E-state index is -0.985. The quantitative estimate of drug-likeness (QED) is 0.664. The molecular formula is C19H18F2N4O3. The third kappa shape index (κ3) is 3.73. The number of anilines is 3. The highest BCUT2D eigenvalue weighted by atomic mass is 19.2. The van der Waals surface area contributed by atoms with Gasteiger partial charge in [0.1, 0.15) is 5.82 Å². The smallest absolute Gasteiger partial charge is 0.221 e. The first-order chi connectivity index (χ1) is 13.5. The van der Waals surface area contributed by atoms with E-state index in [1.54, 1.807) is 12.1 Å². The molecule has 3 aromatic rings. The molecule has 0 spiro atoms. The number of nitrogens with one attached hydrogen (secondary N) is 1. The van der Waals surface area contributed by atoms with Gasteiger partial charge in [0.15, 0.2) is 23.1 Å². The molecule has 0 saturated carbocycles. The van der Waals surface area contributed by atoms with Gasteiger partial charge in [0.2, 0.25) is 11.7 Å². The molecule has 0 aliphatic rings. The van der Waals surface area contributed by atoms with Gasteiger partial charge in [-0.3, -0.25) is 0 Å². The second kappa shape index (κ2) is 7.95. The SMILES string of the molecule is COc1cc(-c2cnc(N)nc2Nc2ccc(F)c(F)c2)cc(OC)c1OC. The number of hydrogen-bond donors (Lipinski definition) is 2. The zero-order valence-corrected chi connectivity index (χ0v) is 15.4. The van der Waals surface area contributed by atoms with Crippen molar-refractivity contribution in [3.63, 3.8) is 0 Å². The fraction of sp³-hybridized carbons (Fsp3) is 0.158. The van der Waals surface area contributed by atoms with Gasteiger partial charge in [-0.1, -0.05) is 0 Å². The summed E-state index contributed by atoms with van der Waals surface area (Å²) in [6, 6.07) is 6.85. The van der Waals surface area contributed by atoms with Gasteiger partial charge >= 0.3 is 0 Å². The van der Waals surface area contributed by atoms with Gasteiger partial charge in [-0.25, -0.2) is 13.8 Å². The Morgan fingerprint density at radius 3 is 2.18 bits per heavy atom. The zero-order valence-electron chi connectivity index (χ0n) is 15.4. The Morgan fingerprint density at radius 2 is 1.61 bits per heavy atom. The molecule has 0 radical (unpaired) electrons. The molecule has 0 saturated heterocycles. The molecule has 3 rings (SSSR count). The highest BCUT2D eigenvalue weighted by Gasteiger charge is 2.17. The topological polar surface area (TPSA) is 91.5 Å². The van der Waals surface area contributed by atoms with Gasteiger partial charge in [-0.2, -0.15) is 4.98 Å². The van der Waals surface area contributed by atoms with Crippen LogP contribution in [0.1, 0.15) is 0 Å². The van der Waals surface area contributed by atoms with Gasteiger partial charge in [0, 0.05) is 23.5 Å². The Balaban J connectivity index is 2.11. The van der Waals surface area contributed by atoms with Crippen LogP contribution in [0.2, 0.25) is 0 Å². The van der Waals surface area contributed by atoms with Crippen molar-refractivity contribution in [3.05, 3.63) is 48.2 Å². The van der Waals surface area contributed by atoms with Crippen molar-refractivity contribution in [2.75, 3.05) is 32.4 Å². The number of ether oxygens (including phenoxy) is 3. The number of nitrogen functional groups attached to an aromatic ring is 1. The fourth-order valence-electron chi connectivity index (χ4n) is 2.65. The summed E-state index contributed by atoms with van der Waals surface area (Å²) >= 11 is 0. The predicted octanol–water partition coefficient (Wildman–Crippen LogP) is 3.77. The molecule has 28 heavy (non-hydrogen) atoms. The van der Waals surface area contributed by atoms with Gasteiger partial charge in [0.05, 0.1) is 21.3 Å². The minimum Gasteiger partial charge on any atom is -0.493 e. The van der Waals surface area contributed by atoms with Crippen LogP contribution in [0.25, 0.3) is 11.1 Å². The van der Waals surface area contributed by atoms with E-state index < -0.39 is 11.6 Å². The average Bonchev–Trinajstić information content (AvgIpc) is 2.69. The molecule has 7 nitrogen and oxygen atoms in total. The Morgan fingerprint density at radius 1 is 0.929 bits per heavy atom. The van der Waals surface area contributed by atoms with E-state index in [4.69, 9.17) is 19.9 Å². The lowest BCUT2D eigenvalue weighted by Gasteiger charge is -2.16. The van der Waals surface area contributed by atoms with Crippen molar-refractivity contribution < 1.29 is 23.0 Å². The highest BCUT2D eigenvalue weighted by molar-refractivity contribution is 5.81. The summed E-state index contributed by atoms with van der Waals surface area (Å²) in [6.07, 6.45) is 1.51. The van der Waals surface area contributed by atoms with Crippen LogP contribution in [0.15, 0.2) is 36.5 Å². The molecule has 0 aliphatic carbocycles. The summed E-state index contributed by atoms with van der Waals surface area (Å²) in [4.78, 5) is 8.20. The van der Waals surface area contributed by atoms with Crippen molar-refractivity contribution in [2.24, 2.45) is 0 Å². The Bertz CT molecular complexity index is 989. The van der Waals surface area contributed by atoms with E-state index in [0.29, 0.717) is 39.9 Å². The van der Waals surface area contributed by atoms with Crippen molar-refractivity contribution >= 4 is 17.5 Å². The molecule has 0 atom stereocenters. The largest absolute Gasteiger partial charge is 0.493 e. The summed E-state index contributed by atoms with van der Waals surface area (Å²) in [5, 5.41) is 2.93. The summed E-state index contributed by atoms with van der Waals surface area (Å²) in [6.45, 7) is 0. The first kappa shape index (κ1) is 19.2. The number of benzene rings is 2. The van der Waals surface area contributed by atoms with E-state index in [1.165, 1.54) is 33.6 Å². The first-order valence-electron chi connectivity index (χ1n) is 8.11. The van der Waals surface area contributed by atoms with Crippen LogP contribution >= 0.6 is 0 Å². The van der Waals surface area contributed by atoms with Crippen LogP contribution in [0.5, 0.6) is 17.2 Å². The fourth-order valence-corrected chi connectivity index (χ4v) is 2.65. The van der Waals surface area contributed by atoms with Crippen LogP contribution in [0, 0.1) is 11.6 Å². The van der Waals surface area contributed by atoms with Gasteiger partial charge < -0.3 is 25.3 Å². The van der Waals surface area contributed by atoms with E-state index in [9.17, 15) is 8.78 Å². The lowest BCUT2D eigenvalue weighted by molar-refractivity contribution is 0.324. The van der Waals surface area contributed by atoms with Gasteiger partial charge in [-0.15, -0.1) is 0 Å². The van der Waals surface area contributed by atoms with E-state index in [0.717, 1.165) is 12.1 Å². The van der Waals surface area contributed by atoms with E-state index in [1.807, 2.05) is 0 Å².